The molecule has 108 valence electrons. The van der Waals surface area contributed by atoms with Crippen LogP contribution >= 0.6 is 0 Å². The second-order valence-corrected chi connectivity index (χ2v) is 7.02. The Labute approximate surface area is 120 Å². The molecule has 0 aliphatic carbocycles. The van der Waals surface area contributed by atoms with Gasteiger partial charge in [0, 0.05) is 24.1 Å². The molecule has 20 heavy (non-hydrogen) atoms. The minimum absolute atomic E-state index is 0.159. The van der Waals surface area contributed by atoms with E-state index in [-0.39, 0.29) is 11.7 Å². The average molecular weight is 273 g/mol. The summed E-state index contributed by atoms with van der Waals surface area (Å²) in [6.07, 6.45) is 2.92. The lowest BCUT2D eigenvalue weighted by Crippen LogP contribution is -2.53. The summed E-state index contributed by atoms with van der Waals surface area (Å²) < 4.78 is 12.8. The molecule has 0 spiro atoms. The summed E-state index contributed by atoms with van der Waals surface area (Å²) >= 11 is 0. The van der Waals surface area contributed by atoms with Gasteiger partial charge in [0.25, 0.3) is 0 Å². The van der Waals surface area contributed by atoms with Gasteiger partial charge in [0.2, 0.25) is 0 Å². The van der Waals surface area contributed by atoms with E-state index in [2.05, 4.69) is 44.0 Å². The van der Waals surface area contributed by atoms with Crippen molar-refractivity contribution < 1.29 is 9.47 Å². The van der Waals surface area contributed by atoms with E-state index >= 15 is 0 Å². The Balaban J connectivity index is 1.75. The molecule has 3 nitrogen and oxygen atoms in total. The second kappa shape index (κ2) is 4.22. The standard InChI is InChI=1S/C17H23NO2/c1-17(2)12-10-13-15(8-9-18(13)3)19-16(12)11-6-4-5-7-14(11)20-17/h4-7,12-13,15-16H,8-10H2,1-3H3/t12-,13-,15-,16+/m1/s1. The molecule has 1 aromatic rings. The third kappa shape index (κ3) is 1.73. The van der Waals surface area contributed by atoms with Gasteiger partial charge in [-0.2, -0.15) is 0 Å². The smallest absolute Gasteiger partial charge is 0.125 e. The quantitative estimate of drug-likeness (QED) is 0.725. The van der Waals surface area contributed by atoms with Crippen molar-refractivity contribution in [3.05, 3.63) is 29.8 Å². The maximum atomic E-state index is 6.53. The molecule has 0 aromatic heterocycles. The molecule has 4 rings (SSSR count). The number of nitrogens with zero attached hydrogens (tertiary/aromatic N) is 1. The number of para-hydroxylation sites is 1. The first kappa shape index (κ1) is 12.7. The Morgan fingerprint density at radius 2 is 2.05 bits per heavy atom. The van der Waals surface area contributed by atoms with E-state index in [1.54, 1.807) is 0 Å². The summed E-state index contributed by atoms with van der Waals surface area (Å²) in [5, 5.41) is 0. The molecule has 1 aromatic carbocycles. The lowest BCUT2D eigenvalue weighted by molar-refractivity contribution is -0.160. The first-order chi connectivity index (χ1) is 9.56. The lowest BCUT2D eigenvalue weighted by atomic mass is 9.74. The SMILES string of the molecule is CN1CC[C@H]2O[C@H]3c4ccccc4OC(C)(C)[C@@H]3C[C@H]21. The third-order valence-corrected chi connectivity index (χ3v) is 5.44. The number of hydrogen-bond donors (Lipinski definition) is 0. The van der Waals surface area contributed by atoms with Crippen LogP contribution in [0.4, 0.5) is 0 Å². The van der Waals surface area contributed by atoms with Crippen molar-refractivity contribution in [2.75, 3.05) is 13.6 Å². The van der Waals surface area contributed by atoms with Crippen LogP contribution in [0, 0.1) is 5.92 Å². The molecule has 3 aliphatic heterocycles. The van der Waals surface area contributed by atoms with Crippen LogP contribution in [0.2, 0.25) is 0 Å². The van der Waals surface area contributed by atoms with E-state index in [0.717, 1.165) is 18.7 Å². The van der Waals surface area contributed by atoms with Crippen LogP contribution in [0.15, 0.2) is 24.3 Å². The van der Waals surface area contributed by atoms with E-state index in [0.29, 0.717) is 18.1 Å². The van der Waals surface area contributed by atoms with E-state index in [1.165, 1.54) is 12.0 Å². The highest BCUT2D eigenvalue weighted by Crippen LogP contribution is 2.52. The van der Waals surface area contributed by atoms with Crippen molar-refractivity contribution >= 4 is 0 Å². The largest absolute Gasteiger partial charge is 0.487 e. The fourth-order valence-corrected chi connectivity index (χ4v) is 4.24. The number of ether oxygens (including phenoxy) is 2. The summed E-state index contributed by atoms with van der Waals surface area (Å²) in [7, 11) is 2.22. The highest BCUT2D eigenvalue weighted by atomic mass is 16.5. The maximum Gasteiger partial charge on any atom is 0.125 e. The van der Waals surface area contributed by atoms with Crippen LogP contribution in [-0.4, -0.2) is 36.2 Å². The summed E-state index contributed by atoms with van der Waals surface area (Å²) in [6.45, 7) is 5.57. The number of benzene rings is 1. The van der Waals surface area contributed by atoms with Gasteiger partial charge in [-0.3, -0.25) is 0 Å². The predicted molar refractivity (Wildman–Crippen MR) is 77.9 cm³/mol. The second-order valence-electron chi connectivity index (χ2n) is 7.02. The Hall–Kier alpha value is -1.06. The molecular formula is C17H23NO2. The van der Waals surface area contributed by atoms with Crippen molar-refractivity contribution in [2.45, 2.75) is 50.5 Å². The number of hydrogen-bond acceptors (Lipinski definition) is 3. The third-order valence-electron chi connectivity index (χ3n) is 5.44. The van der Waals surface area contributed by atoms with E-state index < -0.39 is 0 Å². The van der Waals surface area contributed by atoms with Crippen LogP contribution < -0.4 is 4.74 Å². The monoisotopic (exact) mass is 273 g/mol. The topological polar surface area (TPSA) is 21.7 Å². The van der Waals surface area contributed by atoms with Crippen LogP contribution in [0.5, 0.6) is 5.75 Å². The predicted octanol–water partition coefficient (Wildman–Crippen LogP) is 3.01. The Bertz CT molecular complexity index is 527. The Morgan fingerprint density at radius 1 is 1.25 bits per heavy atom. The maximum absolute atomic E-state index is 6.53. The Kier molecular flexibility index (Phi) is 2.67. The molecule has 4 atom stereocenters. The zero-order valence-corrected chi connectivity index (χ0v) is 12.5. The highest BCUT2D eigenvalue weighted by molar-refractivity contribution is 5.39. The molecule has 2 fully saturated rings. The van der Waals surface area contributed by atoms with Crippen molar-refractivity contribution in [1.82, 2.24) is 4.90 Å². The molecule has 0 unspecified atom stereocenters. The van der Waals surface area contributed by atoms with Gasteiger partial charge in [0.1, 0.15) is 11.4 Å². The molecule has 0 amide bonds. The first-order valence-electron chi connectivity index (χ1n) is 7.70. The zero-order chi connectivity index (χ0) is 13.9. The molecule has 0 bridgehead atoms. The summed E-state index contributed by atoms with van der Waals surface area (Å²) in [5.41, 5.74) is 1.08. The first-order valence-corrected chi connectivity index (χ1v) is 7.70. The van der Waals surface area contributed by atoms with Crippen LogP contribution in [0.3, 0.4) is 0 Å². The molecule has 0 N–H and O–H groups in total. The summed E-state index contributed by atoms with van der Waals surface area (Å²) in [6, 6.07) is 8.94. The van der Waals surface area contributed by atoms with Gasteiger partial charge in [-0.1, -0.05) is 18.2 Å². The minimum atomic E-state index is -0.159. The molecule has 3 heteroatoms. The number of fused-ring (bicyclic) bond motifs is 4. The molecule has 0 radical (unpaired) electrons. The van der Waals surface area contributed by atoms with Crippen molar-refractivity contribution in [3.63, 3.8) is 0 Å². The van der Waals surface area contributed by atoms with E-state index in [1.807, 2.05) is 6.07 Å². The molecule has 3 aliphatic rings. The zero-order valence-electron chi connectivity index (χ0n) is 12.5. The van der Waals surface area contributed by atoms with Gasteiger partial charge in [0.05, 0.1) is 12.2 Å². The minimum Gasteiger partial charge on any atom is -0.487 e. The fourth-order valence-electron chi connectivity index (χ4n) is 4.24. The number of likely N-dealkylation sites (N-methyl/N-ethyl adjacent to an activating group) is 1. The Morgan fingerprint density at radius 3 is 2.90 bits per heavy atom. The van der Waals surface area contributed by atoms with Gasteiger partial charge in [-0.15, -0.1) is 0 Å². The fraction of sp³-hybridized carbons (Fsp3) is 0.647. The van der Waals surface area contributed by atoms with Gasteiger partial charge in [-0.25, -0.2) is 0 Å². The van der Waals surface area contributed by atoms with Crippen molar-refractivity contribution in [3.8, 4) is 5.75 Å². The van der Waals surface area contributed by atoms with Gasteiger partial charge in [0.15, 0.2) is 0 Å². The van der Waals surface area contributed by atoms with Gasteiger partial charge in [-0.05, 0) is 39.8 Å². The van der Waals surface area contributed by atoms with E-state index in [4.69, 9.17) is 9.47 Å². The van der Waals surface area contributed by atoms with E-state index in [9.17, 15) is 0 Å². The number of likely N-dealkylation sites (tertiary alicyclic amines) is 1. The van der Waals surface area contributed by atoms with Crippen LogP contribution in [-0.2, 0) is 4.74 Å². The van der Waals surface area contributed by atoms with Crippen molar-refractivity contribution in [1.29, 1.82) is 0 Å². The summed E-state index contributed by atoms with van der Waals surface area (Å²) in [4.78, 5) is 2.46. The van der Waals surface area contributed by atoms with Gasteiger partial charge < -0.3 is 14.4 Å². The molecule has 0 saturated carbocycles. The number of rotatable bonds is 0. The average Bonchev–Trinajstić information content (AvgIpc) is 2.78. The van der Waals surface area contributed by atoms with Crippen molar-refractivity contribution in [2.24, 2.45) is 5.92 Å². The van der Waals surface area contributed by atoms with Crippen LogP contribution in [0.1, 0.15) is 38.4 Å². The van der Waals surface area contributed by atoms with Gasteiger partial charge >= 0.3 is 0 Å². The molecular weight excluding hydrogens is 250 g/mol. The molecule has 2 saturated heterocycles. The molecule has 3 heterocycles. The lowest BCUT2D eigenvalue weighted by Gasteiger charge is -2.50. The van der Waals surface area contributed by atoms with Crippen LogP contribution in [0.25, 0.3) is 0 Å². The normalized spacial score (nSPS) is 38.5. The summed E-state index contributed by atoms with van der Waals surface area (Å²) in [5.74, 6) is 1.43. The highest BCUT2D eigenvalue weighted by Gasteiger charge is 2.52.